The molecule has 0 aliphatic heterocycles. The summed E-state index contributed by atoms with van der Waals surface area (Å²) in [5, 5.41) is 0. The first kappa shape index (κ1) is 10.6. The van der Waals surface area contributed by atoms with Crippen LogP contribution < -0.4 is 5.73 Å². The molecule has 0 aromatic carbocycles. The van der Waals surface area contributed by atoms with Crippen molar-refractivity contribution in [3.63, 3.8) is 0 Å². The van der Waals surface area contributed by atoms with Crippen molar-refractivity contribution in [2.45, 2.75) is 32.3 Å². The maximum Gasteiger partial charge on any atom is 0.229 e. The molecule has 0 saturated carbocycles. The molecular formula is C8H16NO2. The van der Waals surface area contributed by atoms with Crippen LogP contribution >= 0.6 is 0 Å². The number of unbranched alkanes of at least 4 members (excludes halogenated alkanes) is 1. The fraction of sp³-hybridized carbons (Fsp3) is 0.875. The normalized spacial score (nSPS) is 12.9. The molecule has 0 spiro atoms. The van der Waals surface area contributed by atoms with Gasteiger partial charge in [0, 0.05) is 6.61 Å². The molecular weight excluding hydrogens is 142 g/mol. The van der Waals surface area contributed by atoms with Gasteiger partial charge in [-0.1, -0.05) is 13.3 Å². The fourth-order valence-corrected chi connectivity index (χ4v) is 0.698. The molecule has 0 rings (SSSR count). The second-order valence-electron chi connectivity index (χ2n) is 2.41. The fourth-order valence-electron chi connectivity index (χ4n) is 0.698. The van der Waals surface area contributed by atoms with E-state index in [0.717, 1.165) is 12.8 Å². The summed E-state index contributed by atoms with van der Waals surface area (Å²) in [5.41, 5.74) is 5.25. The lowest BCUT2D eigenvalue weighted by Crippen LogP contribution is -2.19. The van der Waals surface area contributed by atoms with Crippen molar-refractivity contribution in [2.24, 2.45) is 5.73 Å². The van der Waals surface area contributed by atoms with E-state index in [1.54, 1.807) is 0 Å². The molecule has 3 nitrogen and oxygen atoms in total. The standard InChI is InChI=1S/C8H16NO2/c1-2-3-6-11-8(7-10)4-5-9/h8H,2-6,9H2,1H3/t8-/m0/s1. The summed E-state index contributed by atoms with van der Waals surface area (Å²) in [6.45, 7) is 3.19. The predicted molar refractivity (Wildman–Crippen MR) is 44.0 cm³/mol. The lowest BCUT2D eigenvalue weighted by atomic mass is 10.3. The van der Waals surface area contributed by atoms with Gasteiger partial charge in [-0.25, -0.2) is 0 Å². The highest BCUT2D eigenvalue weighted by molar-refractivity contribution is 5.56. The van der Waals surface area contributed by atoms with E-state index < -0.39 is 6.10 Å². The lowest BCUT2D eigenvalue weighted by Gasteiger charge is -2.08. The van der Waals surface area contributed by atoms with Crippen LogP contribution in [0.1, 0.15) is 26.2 Å². The van der Waals surface area contributed by atoms with Crippen LogP contribution in [0.25, 0.3) is 0 Å². The Morgan fingerprint density at radius 1 is 1.64 bits per heavy atom. The van der Waals surface area contributed by atoms with Crippen LogP contribution in [0.2, 0.25) is 0 Å². The van der Waals surface area contributed by atoms with Crippen molar-refractivity contribution in [1.82, 2.24) is 0 Å². The van der Waals surface area contributed by atoms with Crippen LogP contribution in [-0.2, 0) is 9.53 Å². The van der Waals surface area contributed by atoms with Gasteiger partial charge in [0.1, 0.15) is 6.10 Å². The molecule has 0 aromatic rings. The van der Waals surface area contributed by atoms with Crippen molar-refractivity contribution < 1.29 is 9.53 Å². The van der Waals surface area contributed by atoms with E-state index in [9.17, 15) is 4.79 Å². The SMILES string of the molecule is CCCCO[C@H]([C]=O)CCN. The highest BCUT2D eigenvalue weighted by Gasteiger charge is 2.05. The van der Waals surface area contributed by atoms with Crippen molar-refractivity contribution in [3.8, 4) is 0 Å². The summed E-state index contributed by atoms with van der Waals surface area (Å²) in [6, 6.07) is 0. The summed E-state index contributed by atoms with van der Waals surface area (Å²) in [4.78, 5) is 10.2. The largest absolute Gasteiger partial charge is 0.370 e. The minimum atomic E-state index is -0.411. The topological polar surface area (TPSA) is 52.3 Å². The number of hydrogen-bond acceptors (Lipinski definition) is 3. The zero-order valence-electron chi connectivity index (χ0n) is 7.01. The third-order valence-corrected chi connectivity index (χ3v) is 1.38. The molecule has 0 heterocycles. The minimum Gasteiger partial charge on any atom is -0.370 e. The van der Waals surface area contributed by atoms with Gasteiger partial charge in [-0.15, -0.1) is 0 Å². The Hall–Kier alpha value is -0.410. The predicted octanol–water partition coefficient (Wildman–Crippen LogP) is 0.630. The average Bonchev–Trinajstić information content (AvgIpc) is 2.03. The molecule has 65 valence electrons. The maximum atomic E-state index is 10.2. The Morgan fingerprint density at radius 3 is 2.82 bits per heavy atom. The van der Waals surface area contributed by atoms with E-state index in [4.69, 9.17) is 10.5 Å². The van der Waals surface area contributed by atoms with Crippen LogP contribution in [-0.4, -0.2) is 25.5 Å². The van der Waals surface area contributed by atoms with Gasteiger partial charge in [0.2, 0.25) is 6.29 Å². The average molecular weight is 158 g/mol. The zero-order valence-corrected chi connectivity index (χ0v) is 7.01. The Morgan fingerprint density at radius 2 is 2.36 bits per heavy atom. The molecule has 1 atom stereocenters. The van der Waals surface area contributed by atoms with Gasteiger partial charge < -0.3 is 10.5 Å². The Bertz CT molecular complexity index is 96.1. The van der Waals surface area contributed by atoms with Gasteiger partial charge in [0.15, 0.2) is 0 Å². The zero-order chi connectivity index (χ0) is 8.53. The second-order valence-corrected chi connectivity index (χ2v) is 2.41. The van der Waals surface area contributed by atoms with Crippen LogP contribution in [0.3, 0.4) is 0 Å². The Labute approximate surface area is 67.9 Å². The van der Waals surface area contributed by atoms with E-state index in [-0.39, 0.29) is 0 Å². The van der Waals surface area contributed by atoms with Crippen molar-refractivity contribution >= 4 is 6.29 Å². The maximum absolute atomic E-state index is 10.2. The summed E-state index contributed by atoms with van der Waals surface area (Å²) in [5.74, 6) is 0. The first-order valence-corrected chi connectivity index (χ1v) is 4.04. The quantitative estimate of drug-likeness (QED) is 0.553. The third kappa shape index (κ3) is 6.01. The number of ether oxygens (including phenoxy) is 1. The van der Waals surface area contributed by atoms with Gasteiger partial charge in [-0.2, -0.15) is 0 Å². The molecule has 3 heteroatoms. The second kappa shape index (κ2) is 7.69. The van der Waals surface area contributed by atoms with Gasteiger partial charge in [-0.05, 0) is 19.4 Å². The van der Waals surface area contributed by atoms with Crippen molar-refractivity contribution in [2.75, 3.05) is 13.2 Å². The van der Waals surface area contributed by atoms with Crippen LogP contribution in [0.15, 0.2) is 0 Å². The summed E-state index contributed by atoms with van der Waals surface area (Å²) in [6.07, 6.45) is 4.04. The van der Waals surface area contributed by atoms with E-state index in [2.05, 4.69) is 6.92 Å². The van der Waals surface area contributed by atoms with E-state index in [1.165, 1.54) is 0 Å². The Balaban J connectivity index is 3.28. The van der Waals surface area contributed by atoms with Gasteiger partial charge >= 0.3 is 0 Å². The molecule has 11 heavy (non-hydrogen) atoms. The Kier molecular flexibility index (Phi) is 7.41. The van der Waals surface area contributed by atoms with Gasteiger partial charge in [0.25, 0.3) is 0 Å². The molecule has 0 aliphatic rings. The molecule has 2 N–H and O–H groups in total. The smallest absolute Gasteiger partial charge is 0.229 e. The van der Waals surface area contributed by atoms with Crippen molar-refractivity contribution in [1.29, 1.82) is 0 Å². The highest BCUT2D eigenvalue weighted by Crippen LogP contribution is 1.96. The number of nitrogens with two attached hydrogens (primary N) is 1. The first-order valence-electron chi connectivity index (χ1n) is 4.04. The molecule has 0 bridgehead atoms. The van der Waals surface area contributed by atoms with E-state index >= 15 is 0 Å². The molecule has 0 aliphatic carbocycles. The van der Waals surface area contributed by atoms with Gasteiger partial charge in [0.05, 0.1) is 0 Å². The van der Waals surface area contributed by atoms with Crippen LogP contribution in [0.5, 0.6) is 0 Å². The summed E-state index contributed by atoms with van der Waals surface area (Å²) < 4.78 is 5.17. The number of rotatable bonds is 7. The van der Waals surface area contributed by atoms with Crippen molar-refractivity contribution in [3.05, 3.63) is 0 Å². The molecule has 0 fully saturated rings. The summed E-state index contributed by atoms with van der Waals surface area (Å²) >= 11 is 0. The summed E-state index contributed by atoms with van der Waals surface area (Å²) in [7, 11) is 0. The van der Waals surface area contributed by atoms with E-state index in [0.29, 0.717) is 19.6 Å². The third-order valence-electron chi connectivity index (χ3n) is 1.38. The van der Waals surface area contributed by atoms with Crippen LogP contribution in [0.4, 0.5) is 0 Å². The molecule has 0 amide bonds. The molecule has 0 aromatic heterocycles. The van der Waals surface area contributed by atoms with E-state index in [1.807, 2.05) is 6.29 Å². The monoisotopic (exact) mass is 158 g/mol. The number of carbonyl (C=O) groups excluding carboxylic acids is 1. The molecule has 1 radical (unpaired) electrons. The highest BCUT2D eigenvalue weighted by atomic mass is 16.5. The molecule has 0 saturated heterocycles. The minimum absolute atomic E-state index is 0.411. The molecule has 0 unspecified atom stereocenters. The van der Waals surface area contributed by atoms with Gasteiger partial charge in [-0.3, -0.25) is 4.79 Å². The number of hydrogen-bond donors (Lipinski definition) is 1. The lowest BCUT2D eigenvalue weighted by molar-refractivity contribution is 0.0892. The first-order chi connectivity index (χ1) is 5.35. The van der Waals surface area contributed by atoms with Crippen LogP contribution in [0, 0.1) is 0 Å².